The van der Waals surface area contributed by atoms with Crippen molar-refractivity contribution in [3.05, 3.63) is 115 Å². The number of piperidine rings is 1. The number of carbonyl (C=O) groups is 3. The molecular formula is C43H43ClN10O7S. The molecule has 2 aliphatic rings. The molecule has 3 aromatic carbocycles. The quantitative estimate of drug-likeness (QED) is 0.0822. The van der Waals surface area contributed by atoms with Crippen LogP contribution >= 0.6 is 22.9 Å². The first-order chi connectivity index (χ1) is 30.0. The molecule has 2 aliphatic heterocycles. The molecule has 8 rings (SSSR count). The molecule has 3 N–H and O–H groups in total. The van der Waals surface area contributed by atoms with Crippen molar-refractivity contribution in [2.45, 2.75) is 52.1 Å². The summed E-state index contributed by atoms with van der Waals surface area (Å²) in [6, 6.07) is 18.4. The number of aryl methyl sites for hydroxylation is 2. The number of nitrogens with zero attached hydrogens (tertiary/aromatic N) is 7. The van der Waals surface area contributed by atoms with Gasteiger partial charge in [-0.3, -0.25) is 34.1 Å². The zero-order valence-electron chi connectivity index (χ0n) is 34.1. The molecule has 2 atom stereocenters. The lowest BCUT2D eigenvalue weighted by molar-refractivity contribution is -0.136. The van der Waals surface area contributed by atoms with Crippen LogP contribution in [-0.2, 0) is 23.9 Å². The van der Waals surface area contributed by atoms with Crippen molar-refractivity contribution in [2.75, 3.05) is 50.2 Å². The van der Waals surface area contributed by atoms with Gasteiger partial charge in [0.1, 0.15) is 40.8 Å². The Labute approximate surface area is 364 Å². The largest absolute Gasteiger partial charge is 0.491 e. The molecule has 19 heteroatoms. The average Bonchev–Trinajstić information content (AvgIpc) is 3.73. The summed E-state index contributed by atoms with van der Waals surface area (Å²) in [7, 11) is 0. The second-order valence-corrected chi connectivity index (χ2v) is 16.3. The Kier molecular flexibility index (Phi) is 12.8. The summed E-state index contributed by atoms with van der Waals surface area (Å²) in [6.45, 7) is 8.07. The Balaban J connectivity index is 0.796. The number of aromatic nitrogens is 6. The Hall–Kier alpha value is -6.34. The van der Waals surface area contributed by atoms with Gasteiger partial charge in [0.25, 0.3) is 11.5 Å². The first kappa shape index (κ1) is 42.4. The molecule has 3 aromatic heterocycles. The van der Waals surface area contributed by atoms with Gasteiger partial charge in [0, 0.05) is 51.4 Å². The Morgan fingerprint density at radius 1 is 0.935 bits per heavy atom. The molecule has 62 heavy (non-hydrogen) atoms. The van der Waals surface area contributed by atoms with Crippen LogP contribution in [0.2, 0.25) is 5.02 Å². The van der Waals surface area contributed by atoms with Gasteiger partial charge in [-0.15, -0.1) is 26.6 Å². The molecule has 1 saturated heterocycles. The fourth-order valence-corrected chi connectivity index (χ4v) is 8.69. The molecular weight excluding hydrogens is 836 g/mol. The van der Waals surface area contributed by atoms with Crippen molar-refractivity contribution < 1.29 is 28.6 Å². The Morgan fingerprint density at radius 2 is 1.71 bits per heavy atom. The molecule has 6 aromatic rings. The monoisotopic (exact) mass is 878 g/mol. The van der Waals surface area contributed by atoms with Gasteiger partial charge in [-0.25, -0.2) is 0 Å². The van der Waals surface area contributed by atoms with Crippen LogP contribution in [0.15, 0.2) is 76.5 Å². The summed E-state index contributed by atoms with van der Waals surface area (Å²) in [5.41, 5.74) is 4.79. The van der Waals surface area contributed by atoms with E-state index in [-0.39, 0.29) is 37.7 Å². The highest BCUT2D eigenvalue weighted by molar-refractivity contribution is 7.15. The van der Waals surface area contributed by atoms with Gasteiger partial charge >= 0.3 is 0 Å². The van der Waals surface area contributed by atoms with E-state index in [0.717, 1.165) is 37.0 Å². The van der Waals surface area contributed by atoms with E-state index in [0.29, 0.717) is 77.7 Å². The minimum absolute atomic E-state index is 0.0329. The first-order valence-corrected chi connectivity index (χ1v) is 21.3. The molecule has 3 amide bonds. The highest BCUT2D eigenvalue weighted by Gasteiger charge is 2.33. The third kappa shape index (κ3) is 9.13. The number of carbonyl (C=O) groups excluding carboxylic acids is 3. The van der Waals surface area contributed by atoms with Crippen molar-refractivity contribution >= 4 is 68.6 Å². The number of fused-ring (bicyclic) bond motifs is 4. The molecule has 5 heterocycles. The van der Waals surface area contributed by atoms with Crippen molar-refractivity contribution in [1.82, 2.24) is 35.1 Å². The zero-order chi connectivity index (χ0) is 43.3. The standard InChI is InChI=1S/C43H43ClN10O7S/c1-24-25(2)62-43-37(24)39(27-10-12-28(44)13-11-27)47-33(40-51-49-26(3)53(40)43)23-36(56)46-29-6-4-7-30(22-29)61-21-20-60-19-18-59-17-16-45-31-8-5-9-32-38(31)42(58)54(52-50-32)34-14-15-35(55)48-41(34)57/h4-13,22,33-34,45H,14-21,23H2,1-3H3,(H,46,56)(H,48,55,57)/t33-,34?/m1/s1. The van der Waals surface area contributed by atoms with Gasteiger partial charge in [0.2, 0.25) is 11.8 Å². The predicted octanol–water partition coefficient (Wildman–Crippen LogP) is 5.44. The van der Waals surface area contributed by atoms with Crippen LogP contribution < -0.4 is 26.2 Å². The number of rotatable bonds is 16. The number of halogens is 1. The van der Waals surface area contributed by atoms with E-state index in [1.54, 1.807) is 53.8 Å². The summed E-state index contributed by atoms with van der Waals surface area (Å²) in [5, 5.41) is 27.3. The normalized spacial score (nSPS) is 16.0. The molecule has 0 saturated carbocycles. The first-order valence-electron chi connectivity index (χ1n) is 20.1. The third-order valence-electron chi connectivity index (χ3n) is 10.5. The number of hydrogen-bond acceptors (Lipinski definition) is 14. The minimum Gasteiger partial charge on any atom is -0.491 e. The molecule has 320 valence electrons. The number of anilines is 2. The van der Waals surface area contributed by atoms with Crippen LogP contribution in [0.5, 0.6) is 5.75 Å². The molecule has 0 radical (unpaired) electrons. The van der Waals surface area contributed by atoms with Crippen LogP contribution in [0.25, 0.3) is 15.9 Å². The molecule has 1 fully saturated rings. The lowest BCUT2D eigenvalue weighted by Crippen LogP contribution is -2.45. The van der Waals surface area contributed by atoms with Crippen molar-refractivity contribution in [3.63, 3.8) is 0 Å². The fraction of sp³-hybridized carbons (Fsp3) is 0.326. The second kappa shape index (κ2) is 18.7. The smallest absolute Gasteiger partial charge is 0.280 e. The number of amides is 3. The van der Waals surface area contributed by atoms with E-state index in [1.165, 1.54) is 0 Å². The molecule has 1 unspecified atom stereocenters. The fourth-order valence-electron chi connectivity index (χ4n) is 7.35. The number of aliphatic imine (C=N–C) groups is 1. The van der Waals surface area contributed by atoms with Crippen LogP contribution in [0.4, 0.5) is 11.4 Å². The summed E-state index contributed by atoms with van der Waals surface area (Å²) in [5.74, 6) is 0.688. The van der Waals surface area contributed by atoms with Gasteiger partial charge in [-0.05, 0) is 69.2 Å². The SMILES string of the molecule is Cc1sc2c(c1C)C(c1ccc(Cl)cc1)=N[C@H](CC(=O)Nc1cccc(OCCOCCOCCNc3cccc4nnn(C5CCC(=O)NC5=O)c(=O)c34)c1)c1nnc(C)n1-2. The van der Waals surface area contributed by atoms with E-state index in [4.69, 9.17) is 30.8 Å². The number of thiophene rings is 1. The third-order valence-corrected chi connectivity index (χ3v) is 11.9. The van der Waals surface area contributed by atoms with Gasteiger partial charge in [-0.1, -0.05) is 41.1 Å². The number of nitrogens with one attached hydrogen (secondary N) is 3. The molecule has 0 aliphatic carbocycles. The van der Waals surface area contributed by atoms with Crippen molar-refractivity contribution in [1.29, 1.82) is 0 Å². The van der Waals surface area contributed by atoms with Crippen molar-refractivity contribution in [3.8, 4) is 10.8 Å². The second-order valence-electron chi connectivity index (χ2n) is 14.7. The van der Waals surface area contributed by atoms with Crippen LogP contribution in [0, 0.1) is 20.8 Å². The molecule has 0 bridgehead atoms. The van der Waals surface area contributed by atoms with Crippen LogP contribution in [-0.4, -0.2) is 92.8 Å². The van der Waals surface area contributed by atoms with E-state index in [2.05, 4.69) is 50.3 Å². The number of hydrogen-bond donors (Lipinski definition) is 3. The molecule has 0 spiro atoms. The highest BCUT2D eigenvalue weighted by Crippen LogP contribution is 2.40. The lowest BCUT2D eigenvalue weighted by atomic mass is 9.99. The van der Waals surface area contributed by atoms with Gasteiger partial charge in [-0.2, -0.15) is 4.68 Å². The maximum Gasteiger partial charge on any atom is 0.280 e. The van der Waals surface area contributed by atoms with Gasteiger partial charge in [0.05, 0.1) is 43.9 Å². The number of benzene rings is 3. The Bertz CT molecular complexity index is 2750. The van der Waals surface area contributed by atoms with Crippen LogP contribution in [0.3, 0.4) is 0 Å². The maximum absolute atomic E-state index is 13.6. The zero-order valence-corrected chi connectivity index (χ0v) is 35.7. The van der Waals surface area contributed by atoms with Gasteiger partial charge < -0.3 is 24.8 Å². The van der Waals surface area contributed by atoms with Crippen LogP contribution in [0.1, 0.15) is 64.6 Å². The van der Waals surface area contributed by atoms with E-state index in [9.17, 15) is 19.2 Å². The molecule has 17 nitrogen and oxygen atoms in total. The summed E-state index contributed by atoms with van der Waals surface area (Å²) >= 11 is 7.90. The Morgan fingerprint density at radius 3 is 2.52 bits per heavy atom. The van der Waals surface area contributed by atoms with Gasteiger partial charge in [0.15, 0.2) is 5.82 Å². The average molecular weight is 879 g/mol. The summed E-state index contributed by atoms with van der Waals surface area (Å²) in [6.07, 6.45) is 0.318. The number of imide groups is 1. The maximum atomic E-state index is 13.6. The number of ether oxygens (including phenoxy) is 3. The summed E-state index contributed by atoms with van der Waals surface area (Å²) in [4.78, 5) is 57.3. The van der Waals surface area contributed by atoms with E-state index < -0.39 is 23.6 Å². The highest BCUT2D eigenvalue weighted by atomic mass is 35.5. The lowest BCUT2D eigenvalue weighted by Gasteiger charge is -2.21. The van der Waals surface area contributed by atoms with E-state index >= 15 is 0 Å². The topological polar surface area (TPSA) is 206 Å². The summed E-state index contributed by atoms with van der Waals surface area (Å²) < 4.78 is 20.4. The van der Waals surface area contributed by atoms with E-state index in [1.807, 2.05) is 35.8 Å². The minimum atomic E-state index is -0.910. The van der Waals surface area contributed by atoms with Crippen molar-refractivity contribution in [2.24, 2.45) is 4.99 Å². The predicted molar refractivity (Wildman–Crippen MR) is 234 cm³/mol.